The van der Waals surface area contributed by atoms with Crippen LogP contribution in [0.15, 0.2) is 42.5 Å². The highest BCUT2D eigenvalue weighted by molar-refractivity contribution is 5.95. The van der Waals surface area contributed by atoms with E-state index in [-0.39, 0.29) is 12.5 Å². The highest BCUT2D eigenvalue weighted by atomic mass is 16.6. The van der Waals surface area contributed by atoms with E-state index >= 15 is 0 Å². The molecule has 1 heterocycles. The predicted octanol–water partition coefficient (Wildman–Crippen LogP) is 3.07. The van der Waals surface area contributed by atoms with Crippen LogP contribution in [0.4, 0.5) is 5.69 Å². The maximum atomic E-state index is 12.1. The second-order valence-electron chi connectivity index (χ2n) is 6.11. The Labute approximate surface area is 163 Å². The van der Waals surface area contributed by atoms with E-state index in [0.717, 1.165) is 12.1 Å². The first-order valence-corrected chi connectivity index (χ1v) is 9.01. The van der Waals surface area contributed by atoms with Gasteiger partial charge in [0.25, 0.3) is 0 Å². The second kappa shape index (κ2) is 8.91. The minimum atomic E-state index is -0.572. The molecule has 7 nitrogen and oxygen atoms in total. The molecule has 0 spiro atoms. The van der Waals surface area contributed by atoms with E-state index in [0.29, 0.717) is 42.4 Å². The molecule has 0 saturated carbocycles. The van der Waals surface area contributed by atoms with Gasteiger partial charge in [-0.25, -0.2) is 4.79 Å². The average molecular weight is 380 g/mol. The standard InChI is InChI=1S/C21H20N2O5/c1-2-26-19-12-15(13-22)5-10-18(19)27-14-21(25)28-17-8-6-16(7-9-17)23-11-3-4-20(23)24/h5-10,12H,2-4,11,14H2,1H3. The summed E-state index contributed by atoms with van der Waals surface area (Å²) in [6, 6.07) is 13.5. The highest BCUT2D eigenvalue weighted by Gasteiger charge is 2.21. The smallest absolute Gasteiger partial charge is 0.349 e. The SMILES string of the molecule is CCOc1cc(C#N)ccc1OCC(=O)Oc1ccc(N2CCCC2=O)cc1. The van der Waals surface area contributed by atoms with Gasteiger partial charge in [-0.15, -0.1) is 0 Å². The van der Waals surface area contributed by atoms with Gasteiger partial charge in [0.15, 0.2) is 18.1 Å². The first-order valence-electron chi connectivity index (χ1n) is 9.01. The summed E-state index contributed by atoms with van der Waals surface area (Å²) in [6.07, 6.45) is 1.42. The van der Waals surface area contributed by atoms with Crippen LogP contribution in [0.25, 0.3) is 0 Å². The molecule has 0 radical (unpaired) electrons. The van der Waals surface area contributed by atoms with Crippen LogP contribution in [0.2, 0.25) is 0 Å². The van der Waals surface area contributed by atoms with Crippen molar-refractivity contribution in [1.29, 1.82) is 5.26 Å². The first kappa shape index (κ1) is 19.2. The molecule has 3 rings (SSSR count). The zero-order chi connectivity index (χ0) is 19.9. The number of anilines is 1. The minimum Gasteiger partial charge on any atom is -0.490 e. The third kappa shape index (κ3) is 4.60. The Morgan fingerprint density at radius 2 is 1.93 bits per heavy atom. The lowest BCUT2D eigenvalue weighted by Crippen LogP contribution is -2.23. The largest absolute Gasteiger partial charge is 0.490 e. The first-order chi connectivity index (χ1) is 13.6. The monoisotopic (exact) mass is 380 g/mol. The van der Waals surface area contributed by atoms with Gasteiger partial charge in [0.05, 0.1) is 18.2 Å². The van der Waals surface area contributed by atoms with E-state index in [1.54, 1.807) is 47.4 Å². The van der Waals surface area contributed by atoms with Crippen molar-refractivity contribution in [3.05, 3.63) is 48.0 Å². The van der Waals surface area contributed by atoms with Crippen LogP contribution in [0.1, 0.15) is 25.3 Å². The van der Waals surface area contributed by atoms with E-state index in [2.05, 4.69) is 0 Å². The molecule has 1 aliphatic heterocycles. The molecule has 0 aliphatic carbocycles. The van der Waals surface area contributed by atoms with Crippen molar-refractivity contribution in [2.24, 2.45) is 0 Å². The summed E-state index contributed by atoms with van der Waals surface area (Å²) in [5.74, 6) is 0.658. The molecule has 28 heavy (non-hydrogen) atoms. The van der Waals surface area contributed by atoms with Gasteiger partial charge in [-0.3, -0.25) is 4.79 Å². The van der Waals surface area contributed by atoms with Crippen LogP contribution in [0, 0.1) is 11.3 Å². The zero-order valence-electron chi connectivity index (χ0n) is 15.5. The number of benzene rings is 2. The Morgan fingerprint density at radius 3 is 2.57 bits per heavy atom. The topological polar surface area (TPSA) is 88.9 Å². The van der Waals surface area contributed by atoms with Gasteiger partial charge in [-0.05, 0) is 49.7 Å². The van der Waals surface area contributed by atoms with E-state index in [1.165, 1.54) is 0 Å². The number of nitrogens with zero attached hydrogens (tertiary/aromatic N) is 2. The van der Waals surface area contributed by atoms with Gasteiger partial charge in [0.2, 0.25) is 5.91 Å². The van der Waals surface area contributed by atoms with Gasteiger partial charge in [0, 0.05) is 24.7 Å². The molecule has 0 atom stereocenters. The van der Waals surface area contributed by atoms with Crippen molar-refractivity contribution >= 4 is 17.6 Å². The Balaban J connectivity index is 1.57. The van der Waals surface area contributed by atoms with Gasteiger partial charge in [-0.1, -0.05) is 0 Å². The molecule has 2 aromatic rings. The molecule has 0 unspecified atom stereocenters. The lowest BCUT2D eigenvalue weighted by molar-refractivity contribution is -0.136. The molecule has 0 aromatic heterocycles. The number of carbonyl (C=O) groups is 2. The summed E-state index contributed by atoms with van der Waals surface area (Å²) in [5.41, 5.74) is 1.23. The highest BCUT2D eigenvalue weighted by Crippen LogP contribution is 2.28. The number of rotatable bonds is 7. The molecule has 1 amide bonds. The Hall–Kier alpha value is -3.53. The van der Waals surface area contributed by atoms with Crippen molar-refractivity contribution in [2.45, 2.75) is 19.8 Å². The molecule has 0 N–H and O–H groups in total. The molecular formula is C21H20N2O5. The van der Waals surface area contributed by atoms with Crippen molar-refractivity contribution in [3.63, 3.8) is 0 Å². The van der Waals surface area contributed by atoms with E-state index in [1.807, 2.05) is 13.0 Å². The van der Waals surface area contributed by atoms with Gasteiger partial charge >= 0.3 is 5.97 Å². The molecule has 7 heteroatoms. The van der Waals surface area contributed by atoms with Crippen LogP contribution < -0.4 is 19.1 Å². The lowest BCUT2D eigenvalue weighted by Gasteiger charge is -2.16. The quantitative estimate of drug-likeness (QED) is 0.542. The van der Waals surface area contributed by atoms with Crippen molar-refractivity contribution in [3.8, 4) is 23.3 Å². The lowest BCUT2D eigenvalue weighted by atomic mass is 10.2. The van der Waals surface area contributed by atoms with Crippen molar-refractivity contribution in [2.75, 3.05) is 24.7 Å². The van der Waals surface area contributed by atoms with Crippen molar-refractivity contribution < 1.29 is 23.8 Å². The van der Waals surface area contributed by atoms with Crippen LogP contribution in [0.3, 0.4) is 0 Å². The number of carbonyl (C=O) groups excluding carboxylic acids is 2. The fourth-order valence-electron chi connectivity index (χ4n) is 2.88. The number of nitriles is 1. The Kier molecular flexibility index (Phi) is 6.12. The number of hydrogen-bond acceptors (Lipinski definition) is 6. The summed E-state index contributed by atoms with van der Waals surface area (Å²) < 4.78 is 16.2. The third-order valence-corrected chi connectivity index (χ3v) is 4.17. The van der Waals surface area contributed by atoms with Crippen LogP contribution in [-0.2, 0) is 9.59 Å². The second-order valence-corrected chi connectivity index (χ2v) is 6.11. The number of ether oxygens (including phenoxy) is 3. The maximum absolute atomic E-state index is 12.1. The van der Waals surface area contributed by atoms with Crippen LogP contribution in [0.5, 0.6) is 17.2 Å². The summed E-state index contributed by atoms with van der Waals surface area (Å²) in [7, 11) is 0. The number of hydrogen-bond donors (Lipinski definition) is 0. The fourth-order valence-corrected chi connectivity index (χ4v) is 2.88. The summed E-state index contributed by atoms with van der Waals surface area (Å²) in [6.45, 7) is 2.62. The average Bonchev–Trinajstić information content (AvgIpc) is 3.13. The summed E-state index contributed by atoms with van der Waals surface area (Å²) in [5, 5.41) is 8.96. The number of esters is 1. The predicted molar refractivity (Wildman–Crippen MR) is 101 cm³/mol. The van der Waals surface area contributed by atoms with Crippen LogP contribution in [-0.4, -0.2) is 31.6 Å². The molecule has 1 aliphatic rings. The Morgan fingerprint density at radius 1 is 1.14 bits per heavy atom. The van der Waals surface area contributed by atoms with Crippen LogP contribution >= 0.6 is 0 Å². The van der Waals surface area contributed by atoms with Gasteiger partial charge < -0.3 is 19.1 Å². The molecule has 1 saturated heterocycles. The number of amides is 1. The van der Waals surface area contributed by atoms with E-state index in [4.69, 9.17) is 19.5 Å². The molecule has 144 valence electrons. The van der Waals surface area contributed by atoms with E-state index in [9.17, 15) is 9.59 Å². The van der Waals surface area contributed by atoms with E-state index < -0.39 is 5.97 Å². The summed E-state index contributed by atoms with van der Waals surface area (Å²) >= 11 is 0. The zero-order valence-corrected chi connectivity index (χ0v) is 15.5. The van der Waals surface area contributed by atoms with Crippen molar-refractivity contribution in [1.82, 2.24) is 0 Å². The third-order valence-electron chi connectivity index (χ3n) is 4.17. The molecule has 0 bridgehead atoms. The fraction of sp³-hybridized carbons (Fsp3) is 0.286. The molecular weight excluding hydrogens is 360 g/mol. The molecule has 2 aromatic carbocycles. The summed E-state index contributed by atoms with van der Waals surface area (Å²) in [4.78, 5) is 25.6. The normalized spacial score (nSPS) is 13.1. The molecule has 1 fully saturated rings. The minimum absolute atomic E-state index is 0.102. The maximum Gasteiger partial charge on any atom is 0.349 e. The van der Waals surface area contributed by atoms with Gasteiger partial charge in [-0.2, -0.15) is 5.26 Å². The van der Waals surface area contributed by atoms with Gasteiger partial charge in [0.1, 0.15) is 5.75 Å². The Bertz CT molecular complexity index is 902.